The van der Waals surface area contributed by atoms with Crippen molar-refractivity contribution >= 4 is 43.8 Å². The van der Waals surface area contributed by atoms with Crippen molar-refractivity contribution in [1.82, 2.24) is 19.5 Å². The van der Waals surface area contributed by atoms with Gasteiger partial charge in [0.25, 0.3) is 0 Å². The maximum Gasteiger partial charge on any atom is 0.340 e. The van der Waals surface area contributed by atoms with Crippen LogP contribution in [0.1, 0.15) is 30.2 Å². The van der Waals surface area contributed by atoms with Crippen molar-refractivity contribution < 1.29 is 43.3 Å². The molecule has 2 aromatic heterocycles. The molecule has 0 saturated carbocycles. The highest BCUT2D eigenvalue weighted by molar-refractivity contribution is 7.70. The number of nitrogens with zero attached hydrogens (tertiary/aromatic N) is 5. The molecule has 6 rings (SSSR count). The van der Waals surface area contributed by atoms with Crippen molar-refractivity contribution in [1.29, 1.82) is 0 Å². The van der Waals surface area contributed by atoms with Crippen LogP contribution in [-0.2, 0) is 30.2 Å². The van der Waals surface area contributed by atoms with E-state index in [9.17, 15) is 24.2 Å². The molecule has 2 aliphatic heterocycles. The van der Waals surface area contributed by atoms with Crippen molar-refractivity contribution in [3.63, 3.8) is 0 Å². The van der Waals surface area contributed by atoms with E-state index < -0.39 is 52.2 Å². The Balaban J connectivity index is 1.22. The fourth-order valence-corrected chi connectivity index (χ4v) is 8.74. The molecule has 1 aromatic carbocycles. The summed E-state index contributed by atoms with van der Waals surface area (Å²) in [5, 5.41) is 21.2. The van der Waals surface area contributed by atoms with Crippen LogP contribution in [0, 0.1) is 0 Å². The second-order valence-corrected chi connectivity index (χ2v) is 14.9. The minimum Gasteiger partial charge on any atom is -0.387 e. The highest BCUT2D eigenvalue weighted by atomic mass is 35.5. The third-order valence-corrected chi connectivity index (χ3v) is 11.4. The van der Waals surface area contributed by atoms with Crippen LogP contribution in [0.5, 0.6) is 0 Å². The van der Waals surface area contributed by atoms with Gasteiger partial charge in [0.2, 0.25) is 5.28 Å². The molecule has 0 amide bonds. The average molecular weight is 616 g/mol. The zero-order valence-electron chi connectivity index (χ0n) is 21.0. The summed E-state index contributed by atoms with van der Waals surface area (Å²) in [7, 11) is -9.52. The number of fused-ring (bicyclic) bond motifs is 3. The molecule has 216 valence electrons. The molecule has 3 aliphatic rings. The first-order valence-electron chi connectivity index (χ1n) is 12.6. The van der Waals surface area contributed by atoms with Gasteiger partial charge in [-0.2, -0.15) is 9.97 Å². The number of aliphatic hydroxyl groups is 2. The van der Waals surface area contributed by atoms with Gasteiger partial charge in [0.15, 0.2) is 29.1 Å². The number of imidazole rings is 1. The van der Waals surface area contributed by atoms with E-state index in [1.54, 1.807) is 0 Å². The second-order valence-electron chi connectivity index (χ2n) is 10.6. The number of ether oxygens (including phenoxy) is 1. The zero-order valence-corrected chi connectivity index (χ0v) is 23.6. The van der Waals surface area contributed by atoms with E-state index in [1.807, 2.05) is 0 Å². The summed E-state index contributed by atoms with van der Waals surface area (Å²) in [6.07, 6.45) is -0.936. The van der Waals surface area contributed by atoms with Crippen LogP contribution in [0.25, 0.3) is 11.2 Å². The van der Waals surface area contributed by atoms with Crippen LogP contribution in [0.15, 0.2) is 30.6 Å². The van der Waals surface area contributed by atoms with Crippen LogP contribution in [0.2, 0.25) is 5.28 Å². The lowest BCUT2D eigenvalue weighted by Gasteiger charge is -2.53. The van der Waals surface area contributed by atoms with E-state index in [1.165, 1.54) is 22.0 Å². The number of aliphatic hydroxyl groups excluding tert-OH is 2. The van der Waals surface area contributed by atoms with Crippen LogP contribution in [-0.4, -0.2) is 88.3 Å². The van der Waals surface area contributed by atoms with E-state index in [-0.39, 0.29) is 16.3 Å². The molecule has 0 bridgehead atoms. The second kappa shape index (κ2) is 10.1. The van der Waals surface area contributed by atoms with Crippen molar-refractivity contribution in [3.8, 4) is 0 Å². The largest absolute Gasteiger partial charge is 0.387 e. The van der Waals surface area contributed by atoms with Gasteiger partial charge < -0.3 is 39.1 Å². The number of anilines is 1. The number of aromatic nitrogens is 4. The van der Waals surface area contributed by atoms with Gasteiger partial charge in [0.1, 0.15) is 18.3 Å². The summed E-state index contributed by atoms with van der Waals surface area (Å²) in [5.41, 5.74) is 3.43. The van der Waals surface area contributed by atoms with Crippen LogP contribution < -0.4 is 4.90 Å². The van der Waals surface area contributed by atoms with E-state index in [4.69, 9.17) is 30.6 Å². The molecular formula is C23H28ClN5O9P2. The Labute approximate surface area is 233 Å². The highest BCUT2D eigenvalue weighted by Gasteiger charge is 2.49. The first-order chi connectivity index (χ1) is 18.9. The lowest BCUT2D eigenvalue weighted by molar-refractivity contribution is -0.0483. The molecule has 2 saturated heterocycles. The summed E-state index contributed by atoms with van der Waals surface area (Å²) >= 11 is 6.30. The summed E-state index contributed by atoms with van der Waals surface area (Å²) in [6.45, 7) is 0.763. The zero-order chi connectivity index (χ0) is 28.4. The molecule has 1 aliphatic carbocycles. The van der Waals surface area contributed by atoms with Gasteiger partial charge in [-0.3, -0.25) is 13.7 Å². The normalized spacial score (nSPS) is 27.5. The highest BCUT2D eigenvalue weighted by Crippen LogP contribution is 2.55. The number of aryl methyl sites for hydroxylation is 1. The maximum absolute atomic E-state index is 12.0. The Kier molecular flexibility index (Phi) is 7.11. The summed E-state index contributed by atoms with van der Waals surface area (Å²) in [6, 6.07) is 8.49. The SMILES string of the molecule is O=P(O)(O)CP(=O)(O)OC[C@H]1O[C@@H](n2cnc3c(N4CC5(CCCc6ccccc65)C4)nc(Cl)nc32)[C@@H](O)C1O. The Bertz CT molecular complexity index is 1540. The fourth-order valence-electron chi connectivity index (χ4n) is 6.01. The molecule has 17 heteroatoms. The number of benzene rings is 1. The first-order valence-corrected chi connectivity index (χ1v) is 16.6. The minimum atomic E-state index is -4.83. The Hall–Kier alpha value is -1.96. The molecule has 3 aromatic rings. The van der Waals surface area contributed by atoms with Crippen molar-refractivity contribution in [3.05, 3.63) is 47.0 Å². The van der Waals surface area contributed by atoms with E-state index >= 15 is 0 Å². The van der Waals surface area contributed by atoms with Crippen molar-refractivity contribution in [2.45, 2.75) is 49.2 Å². The Morgan fingerprint density at radius 1 is 1.12 bits per heavy atom. The number of hydrogen-bond donors (Lipinski definition) is 5. The molecule has 5 atom stereocenters. The smallest absolute Gasteiger partial charge is 0.340 e. The monoisotopic (exact) mass is 615 g/mol. The van der Waals surface area contributed by atoms with Gasteiger partial charge in [-0.05, 0) is 42.0 Å². The lowest BCUT2D eigenvalue weighted by atomic mass is 9.65. The van der Waals surface area contributed by atoms with Gasteiger partial charge in [0.05, 0.1) is 12.9 Å². The van der Waals surface area contributed by atoms with Gasteiger partial charge in [-0.15, -0.1) is 0 Å². The molecule has 14 nitrogen and oxygen atoms in total. The minimum absolute atomic E-state index is 0.0230. The predicted molar refractivity (Wildman–Crippen MR) is 142 cm³/mol. The number of rotatable bonds is 7. The molecule has 2 fully saturated rings. The lowest BCUT2D eigenvalue weighted by Crippen LogP contribution is -2.61. The van der Waals surface area contributed by atoms with Gasteiger partial charge in [-0.25, -0.2) is 4.98 Å². The molecule has 0 radical (unpaired) electrons. The standard InChI is InChI=1S/C23H28ClN5O9P2/c24-22-26-19(28-9-23(10-28)7-3-5-13-4-1-2-6-14(13)23)16-20(27-22)29(11-25-16)21-18(31)17(30)15(38-21)8-37-40(35,36)12-39(32,33)34/h1-2,4,6,11,15,17-18,21,30-31H,3,5,7-10,12H2,(H,35,36)(H2,32,33,34)/t15-,17?,18+,21-/m1/s1. The van der Waals surface area contributed by atoms with Crippen LogP contribution in [0.4, 0.5) is 5.82 Å². The Morgan fingerprint density at radius 2 is 1.88 bits per heavy atom. The predicted octanol–water partition coefficient (Wildman–Crippen LogP) is 1.53. The maximum atomic E-state index is 12.0. The van der Waals surface area contributed by atoms with E-state index in [0.29, 0.717) is 11.3 Å². The quantitative estimate of drug-likeness (QED) is 0.189. The molecular weight excluding hydrogens is 588 g/mol. The molecule has 1 spiro atoms. The van der Waals surface area contributed by atoms with Gasteiger partial charge in [0, 0.05) is 18.5 Å². The summed E-state index contributed by atoms with van der Waals surface area (Å²) < 4.78 is 35.0. The number of halogens is 1. The van der Waals surface area contributed by atoms with Crippen LogP contribution >= 0.6 is 26.8 Å². The summed E-state index contributed by atoms with van der Waals surface area (Å²) in [4.78, 5) is 42.9. The van der Waals surface area contributed by atoms with Gasteiger partial charge >= 0.3 is 15.2 Å². The Morgan fingerprint density at radius 3 is 2.62 bits per heavy atom. The van der Waals surface area contributed by atoms with E-state index in [0.717, 1.165) is 32.4 Å². The molecule has 2 unspecified atom stereocenters. The third-order valence-electron chi connectivity index (χ3n) is 7.77. The van der Waals surface area contributed by atoms with Gasteiger partial charge in [-0.1, -0.05) is 24.3 Å². The molecule has 40 heavy (non-hydrogen) atoms. The van der Waals surface area contributed by atoms with Crippen molar-refractivity contribution in [2.24, 2.45) is 0 Å². The fraction of sp³-hybridized carbons (Fsp3) is 0.522. The number of hydrogen-bond acceptors (Lipinski definition) is 10. The average Bonchev–Trinajstić information content (AvgIpc) is 3.39. The van der Waals surface area contributed by atoms with E-state index in [2.05, 4.69) is 44.1 Å². The van der Waals surface area contributed by atoms with Crippen LogP contribution in [0.3, 0.4) is 0 Å². The van der Waals surface area contributed by atoms with Crippen molar-refractivity contribution in [2.75, 3.05) is 30.5 Å². The first kappa shape index (κ1) is 28.2. The summed E-state index contributed by atoms with van der Waals surface area (Å²) in [5.74, 6) is -0.850. The topological polar surface area (TPSA) is 201 Å². The third kappa shape index (κ3) is 5.11. The molecule has 5 N–H and O–H groups in total. The molecule has 4 heterocycles.